The van der Waals surface area contributed by atoms with Gasteiger partial charge in [-0.25, -0.2) is 0 Å². The van der Waals surface area contributed by atoms with Crippen LogP contribution in [0.2, 0.25) is 0 Å². The van der Waals surface area contributed by atoms with Crippen molar-refractivity contribution in [3.8, 4) is 0 Å². The lowest BCUT2D eigenvalue weighted by Crippen LogP contribution is -3.14. The van der Waals surface area contributed by atoms with E-state index in [2.05, 4.69) is 10.6 Å². The van der Waals surface area contributed by atoms with Crippen LogP contribution in [-0.2, 0) is 15.8 Å². The first kappa shape index (κ1) is 22.4. The maximum absolute atomic E-state index is 12.6. The predicted octanol–water partition coefficient (Wildman–Crippen LogP) is 2.80. The molecule has 2 amide bonds. The third-order valence-corrected chi connectivity index (χ3v) is 4.72. The van der Waals surface area contributed by atoms with Gasteiger partial charge < -0.3 is 15.5 Å². The summed E-state index contributed by atoms with van der Waals surface area (Å²) >= 11 is 0. The minimum atomic E-state index is -4.43. The van der Waals surface area contributed by atoms with Crippen molar-refractivity contribution in [2.75, 3.05) is 24.2 Å². The summed E-state index contributed by atoms with van der Waals surface area (Å²) in [7, 11) is 1.71. The van der Waals surface area contributed by atoms with Crippen molar-refractivity contribution < 1.29 is 27.7 Å². The topological polar surface area (TPSA) is 62.6 Å². The fourth-order valence-electron chi connectivity index (χ4n) is 2.69. The molecule has 2 atom stereocenters. The third-order valence-electron chi connectivity index (χ3n) is 4.72. The molecule has 0 aliphatic carbocycles. The molecule has 156 valence electrons. The molecule has 2 aromatic carbocycles. The number of benzene rings is 2. The summed E-state index contributed by atoms with van der Waals surface area (Å²) in [5.74, 6) is -0.618. The van der Waals surface area contributed by atoms with Crippen molar-refractivity contribution in [1.29, 1.82) is 0 Å². The number of hydrogen-bond donors (Lipinski definition) is 3. The van der Waals surface area contributed by atoms with Crippen LogP contribution in [0.4, 0.5) is 24.5 Å². The fraction of sp³-hybridized carbons (Fsp3) is 0.333. The molecule has 1 unspecified atom stereocenters. The van der Waals surface area contributed by atoms with Gasteiger partial charge in [-0.15, -0.1) is 0 Å². The second-order valence-corrected chi connectivity index (χ2v) is 7.18. The van der Waals surface area contributed by atoms with Crippen molar-refractivity contribution in [2.24, 2.45) is 0 Å². The summed E-state index contributed by atoms with van der Waals surface area (Å²) in [4.78, 5) is 25.4. The number of rotatable bonds is 6. The first-order valence-corrected chi connectivity index (χ1v) is 9.15. The van der Waals surface area contributed by atoms with Gasteiger partial charge in [-0.3, -0.25) is 9.59 Å². The quantitative estimate of drug-likeness (QED) is 0.688. The van der Waals surface area contributed by atoms with E-state index in [0.717, 1.165) is 28.9 Å². The van der Waals surface area contributed by atoms with E-state index in [4.69, 9.17) is 0 Å². The molecule has 0 aliphatic rings. The second-order valence-electron chi connectivity index (χ2n) is 7.18. The van der Waals surface area contributed by atoms with Crippen molar-refractivity contribution in [1.82, 2.24) is 0 Å². The van der Waals surface area contributed by atoms with Crippen LogP contribution in [0.1, 0.15) is 23.6 Å². The van der Waals surface area contributed by atoms with Crippen LogP contribution in [0.15, 0.2) is 42.5 Å². The smallest absolute Gasteiger partial charge is 0.321 e. The average molecular weight is 408 g/mol. The normalized spacial score (nSPS) is 13.5. The molecule has 0 spiro atoms. The van der Waals surface area contributed by atoms with E-state index < -0.39 is 17.8 Å². The number of anilines is 2. The molecule has 0 aromatic heterocycles. The van der Waals surface area contributed by atoms with E-state index in [-0.39, 0.29) is 24.0 Å². The van der Waals surface area contributed by atoms with Gasteiger partial charge in [0.25, 0.3) is 11.8 Å². The molecular formula is C21H25F3N3O2+. The Morgan fingerprint density at radius 2 is 1.66 bits per heavy atom. The number of aryl methyl sites for hydroxylation is 2. The molecule has 0 heterocycles. The zero-order chi connectivity index (χ0) is 21.8. The molecule has 2 aromatic rings. The van der Waals surface area contributed by atoms with Gasteiger partial charge in [0.05, 0.1) is 12.6 Å². The number of halogens is 3. The van der Waals surface area contributed by atoms with Crippen LogP contribution in [0.25, 0.3) is 0 Å². The summed E-state index contributed by atoms with van der Waals surface area (Å²) in [6, 6.07) is 9.40. The summed E-state index contributed by atoms with van der Waals surface area (Å²) in [5, 5.41) is 5.43. The predicted molar refractivity (Wildman–Crippen MR) is 106 cm³/mol. The first-order chi connectivity index (χ1) is 13.5. The summed E-state index contributed by atoms with van der Waals surface area (Å²) < 4.78 is 37.8. The Kier molecular flexibility index (Phi) is 7.02. The van der Waals surface area contributed by atoms with Crippen LogP contribution in [0.5, 0.6) is 0 Å². The summed E-state index contributed by atoms with van der Waals surface area (Å²) in [5.41, 5.74) is 2.17. The highest BCUT2D eigenvalue weighted by atomic mass is 19.4. The number of likely N-dealkylation sites (N-methyl/N-ethyl adjacent to an activating group) is 1. The van der Waals surface area contributed by atoms with Gasteiger partial charge in [-0.05, 0) is 62.2 Å². The van der Waals surface area contributed by atoms with Crippen molar-refractivity contribution in [3.05, 3.63) is 59.2 Å². The van der Waals surface area contributed by atoms with E-state index in [9.17, 15) is 22.8 Å². The monoisotopic (exact) mass is 408 g/mol. The zero-order valence-corrected chi connectivity index (χ0v) is 16.8. The largest absolute Gasteiger partial charge is 0.416 e. The maximum Gasteiger partial charge on any atom is 0.416 e. The van der Waals surface area contributed by atoms with Gasteiger partial charge >= 0.3 is 6.18 Å². The number of carbonyl (C=O) groups is 2. The van der Waals surface area contributed by atoms with Gasteiger partial charge in [-0.1, -0.05) is 12.1 Å². The van der Waals surface area contributed by atoms with Crippen LogP contribution in [0, 0.1) is 13.8 Å². The minimum Gasteiger partial charge on any atom is -0.321 e. The molecule has 0 fully saturated rings. The highest BCUT2D eigenvalue weighted by molar-refractivity contribution is 5.94. The Balaban J connectivity index is 1.93. The molecule has 0 saturated carbocycles. The second kappa shape index (κ2) is 9.09. The number of quaternary nitrogens is 1. The Morgan fingerprint density at radius 3 is 2.24 bits per heavy atom. The highest BCUT2D eigenvalue weighted by Crippen LogP contribution is 2.29. The Hall–Kier alpha value is -2.87. The lowest BCUT2D eigenvalue weighted by atomic mass is 10.1. The van der Waals surface area contributed by atoms with Crippen LogP contribution in [-0.4, -0.2) is 31.4 Å². The SMILES string of the molecule is Cc1ccc(C)c(NC(=O)C[NH+](C)[C@@H](C)C(=O)Nc2ccc(C(F)(F)F)cc2)c1. The zero-order valence-electron chi connectivity index (χ0n) is 16.8. The maximum atomic E-state index is 12.6. The van der Waals surface area contributed by atoms with Gasteiger partial charge in [0.2, 0.25) is 0 Å². The van der Waals surface area contributed by atoms with Gasteiger partial charge in [0.15, 0.2) is 12.6 Å². The number of alkyl halides is 3. The van der Waals surface area contributed by atoms with Gasteiger partial charge in [0.1, 0.15) is 0 Å². The van der Waals surface area contributed by atoms with Crippen molar-refractivity contribution in [2.45, 2.75) is 33.0 Å². The molecule has 0 bridgehead atoms. The molecule has 0 aliphatic heterocycles. The van der Waals surface area contributed by atoms with Crippen LogP contribution in [0.3, 0.4) is 0 Å². The number of amides is 2. The van der Waals surface area contributed by atoms with Crippen molar-refractivity contribution >= 4 is 23.2 Å². The summed E-state index contributed by atoms with van der Waals surface area (Å²) in [6.45, 7) is 5.54. The molecule has 8 heteroatoms. The number of hydrogen-bond acceptors (Lipinski definition) is 2. The molecule has 0 radical (unpaired) electrons. The Labute approximate surface area is 167 Å². The minimum absolute atomic E-state index is 0.0645. The lowest BCUT2D eigenvalue weighted by molar-refractivity contribution is -0.885. The molecule has 29 heavy (non-hydrogen) atoms. The third kappa shape index (κ3) is 6.32. The standard InChI is InChI=1S/C21H24F3N3O2/c1-13-5-6-14(2)18(11-13)26-19(28)12-27(4)15(3)20(29)25-17-9-7-16(8-10-17)21(22,23)24/h5-11,15H,12H2,1-4H3,(H,25,29)(H,26,28)/p+1/t15-/m0/s1. The van der Waals surface area contributed by atoms with Gasteiger partial charge in [-0.2, -0.15) is 13.2 Å². The van der Waals surface area contributed by atoms with Crippen LogP contribution >= 0.6 is 0 Å². The van der Waals surface area contributed by atoms with E-state index >= 15 is 0 Å². The van der Waals surface area contributed by atoms with Gasteiger partial charge in [0, 0.05) is 11.4 Å². The van der Waals surface area contributed by atoms with E-state index in [0.29, 0.717) is 4.90 Å². The summed E-state index contributed by atoms with van der Waals surface area (Å²) in [6.07, 6.45) is -4.43. The first-order valence-electron chi connectivity index (χ1n) is 9.15. The fourth-order valence-corrected chi connectivity index (χ4v) is 2.69. The van der Waals surface area contributed by atoms with Crippen LogP contribution < -0.4 is 15.5 Å². The van der Waals surface area contributed by atoms with E-state index in [1.807, 2.05) is 32.0 Å². The van der Waals surface area contributed by atoms with E-state index in [1.54, 1.807) is 14.0 Å². The Bertz CT molecular complexity index is 880. The molecule has 0 saturated heterocycles. The Morgan fingerprint density at radius 1 is 1.03 bits per heavy atom. The van der Waals surface area contributed by atoms with E-state index in [1.165, 1.54) is 12.1 Å². The number of carbonyl (C=O) groups excluding carboxylic acids is 2. The molecule has 5 nitrogen and oxygen atoms in total. The molecule has 2 rings (SSSR count). The average Bonchev–Trinajstić information content (AvgIpc) is 2.63. The molecular weight excluding hydrogens is 383 g/mol. The molecule has 3 N–H and O–H groups in total. The number of nitrogens with one attached hydrogen (secondary N) is 3. The highest BCUT2D eigenvalue weighted by Gasteiger charge is 2.30. The lowest BCUT2D eigenvalue weighted by Gasteiger charge is -2.21. The van der Waals surface area contributed by atoms with Crippen molar-refractivity contribution in [3.63, 3.8) is 0 Å².